The second kappa shape index (κ2) is 5.24. The molecule has 0 bridgehead atoms. The molecule has 4 nitrogen and oxygen atoms in total. The number of methoxy groups -OCH3 is 1. The van der Waals surface area contributed by atoms with Gasteiger partial charge in [0.15, 0.2) is 11.5 Å². The van der Waals surface area contributed by atoms with Crippen LogP contribution in [-0.4, -0.2) is 24.8 Å². The largest absolute Gasteiger partial charge is 0.504 e. The first-order chi connectivity index (χ1) is 7.13. The fraction of sp³-hybridized carbons (Fsp3) is 0.364. The Morgan fingerprint density at radius 1 is 1.47 bits per heavy atom. The number of benzene rings is 1. The maximum Gasteiger partial charge on any atom is 0.302 e. The first kappa shape index (κ1) is 11.4. The van der Waals surface area contributed by atoms with Crippen molar-refractivity contribution in [1.82, 2.24) is 0 Å². The number of phenolic OH excluding ortho intramolecular Hbond substituents is 1. The molecule has 1 aromatic carbocycles. The van der Waals surface area contributed by atoms with Crippen LogP contribution in [0.25, 0.3) is 0 Å². The van der Waals surface area contributed by atoms with Crippen LogP contribution in [0.2, 0.25) is 0 Å². The van der Waals surface area contributed by atoms with Crippen molar-refractivity contribution in [1.29, 1.82) is 0 Å². The average molecular weight is 210 g/mol. The van der Waals surface area contributed by atoms with E-state index in [-0.39, 0.29) is 11.7 Å². The lowest BCUT2D eigenvalue weighted by molar-refractivity contribution is -0.140. The van der Waals surface area contributed by atoms with Gasteiger partial charge in [-0.3, -0.25) is 4.79 Å². The lowest BCUT2D eigenvalue weighted by Crippen LogP contribution is -2.03. The summed E-state index contributed by atoms with van der Waals surface area (Å²) >= 11 is 0. The van der Waals surface area contributed by atoms with Crippen LogP contribution in [0.4, 0.5) is 0 Å². The summed E-state index contributed by atoms with van der Waals surface area (Å²) in [5.41, 5.74) is 0.950. The third kappa shape index (κ3) is 3.50. The SMILES string of the molecule is COc1cc(CCOC(C)=O)ccc1O. The van der Waals surface area contributed by atoms with Gasteiger partial charge in [-0.1, -0.05) is 6.07 Å². The summed E-state index contributed by atoms with van der Waals surface area (Å²) < 4.78 is 9.76. The number of aromatic hydroxyl groups is 1. The molecule has 0 aromatic heterocycles. The van der Waals surface area contributed by atoms with E-state index in [1.807, 2.05) is 0 Å². The number of esters is 1. The van der Waals surface area contributed by atoms with E-state index in [1.54, 1.807) is 18.2 Å². The number of ether oxygens (including phenoxy) is 2. The van der Waals surface area contributed by atoms with Crippen LogP contribution in [0.5, 0.6) is 11.5 Å². The van der Waals surface area contributed by atoms with Gasteiger partial charge in [0.05, 0.1) is 13.7 Å². The molecule has 4 heteroatoms. The van der Waals surface area contributed by atoms with Gasteiger partial charge in [0, 0.05) is 13.3 Å². The zero-order chi connectivity index (χ0) is 11.3. The van der Waals surface area contributed by atoms with Crippen molar-refractivity contribution in [3.05, 3.63) is 23.8 Å². The van der Waals surface area contributed by atoms with Gasteiger partial charge in [0.25, 0.3) is 0 Å². The Kier molecular flexibility index (Phi) is 3.97. The Morgan fingerprint density at radius 2 is 2.20 bits per heavy atom. The van der Waals surface area contributed by atoms with Gasteiger partial charge < -0.3 is 14.6 Å². The Morgan fingerprint density at radius 3 is 2.80 bits per heavy atom. The number of rotatable bonds is 4. The van der Waals surface area contributed by atoms with Gasteiger partial charge in [0.1, 0.15) is 0 Å². The molecule has 0 unspecified atom stereocenters. The smallest absolute Gasteiger partial charge is 0.302 e. The highest BCUT2D eigenvalue weighted by Crippen LogP contribution is 2.26. The molecular weight excluding hydrogens is 196 g/mol. The first-order valence-corrected chi connectivity index (χ1v) is 4.62. The zero-order valence-corrected chi connectivity index (χ0v) is 8.82. The molecule has 0 aliphatic rings. The van der Waals surface area contributed by atoms with E-state index in [9.17, 15) is 9.90 Å². The number of phenols is 1. The Bertz CT molecular complexity index is 346. The van der Waals surface area contributed by atoms with Gasteiger partial charge in [0.2, 0.25) is 0 Å². The summed E-state index contributed by atoms with van der Waals surface area (Å²) in [6.45, 7) is 1.71. The fourth-order valence-electron chi connectivity index (χ4n) is 1.19. The molecule has 0 aliphatic carbocycles. The Labute approximate surface area is 88.4 Å². The van der Waals surface area contributed by atoms with Crippen molar-refractivity contribution in [2.45, 2.75) is 13.3 Å². The topological polar surface area (TPSA) is 55.8 Å². The van der Waals surface area contributed by atoms with E-state index >= 15 is 0 Å². The number of hydrogen-bond acceptors (Lipinski definition) is 4. The minimum atomic E-state index is -0.291. The normalized spacial score (nSPS) is 9.73. The molecule has 0 heterocycles. The standard InChI is InChI=1S/C11H14O4/c1-8(12)15-6-5-9-3-4-10(13)11(7-9)14-2/h3-4,7,13H,5-6H2,1-2H3. The maximum absolute atomic E-state index is 10.5. The van der Waals surface area contributed by atoms with E-state index in [2.05, 4.69) is 0 Å². The molecule has 0 saturated carbocycles. The highest BCUT2D eigenvalue weighted by Gasteiger charge is 2.03. The monoisotopic (exact) mass is 210 g/mol. The van der Waals surface area contributed by atoms with Crippen molar-refractivity contribution in [2.24, 2.45) is 0 Å². The van der Waals surface area contributed by atoms with Crippen LogP contribution in [0.1, 0.15) is 12.5 Å². The maximum atomic E-state index is 10.5. The first-order valence-electron chi connectivity index (χ1n) is 4.62. The third-order valence-electron chi connectivity index (χ3n) is 1.94. The molecule has 82 valence electrons. The predicted molar refractivity (Wildman–Crippen MR) is 55.0 cm³/mol. The fourth-order valence-corrected chi connectivity index (χ4v) is 1.19. The number of carbonyl (C=O) groups excluding carboxylic acids is 1. The van der Waals surface area contributed by atoms with Crippen molar-refractivity contribution >= 4 is 5.97 Å². The molecule has 0 spiro atoms. The summed E-state index contributed by atoms with van der Waals surface area (Å²) in [6.07, 6.45) is 0.607. The Balaban J connectivity index is 2.58. The van der Waals surface area contributed by atoms with Crippen LogP contribution in [-0.2, 0) is 16.0 Å². The molecule has 0 saturated heterocycles. The summed E-state index contributed by atoms with van der Waals surface area (Å²) in [4.78, 5) is 10.5. The number of hydrogen-bond donors (Lipinski definition) is 1. The van der Waals surface area contributed by atoms with Crippen LogP contribution < -0.4 is 4.74 Å². The predicted octanol–water partition coefficient (Wildman–Crippen LogP) is 1.51. The van der Waals surface area contributed by atoms with Crippen molar-refractivity contribution in [3.63, 3.8) is 0 Å². The van der Waals surface area contributed by atoms with Crippen molar-refractivity contribution < 1.29 is 19.4 Å². The average Bonchev–Trinajstić information content (AvgIpc) is 2.20. The summed E-state index contributed by atoms with van der Waals surface area (Å²) in [7, 11) is 1.49. The number of carbonyl (C=O) groups is 1. The van der Waals surface area contributed by atoms with Gasteiger partial charge in [-0.2, -0.15) is 0 Å². The highest BCUT2D eigenvalue weighted by atomic mass is 16.5. The lowest BCUT2D eigenvalue weighted by atomic mass is 10.1. The minimum absolute atomic E-state index is 0.105. The van der Waals surface area contributed by atoms with Crippen LogP contribution in [0, 0.1) is 0 Å². The van der Waals surface area contributed by atoms with E-state index in [0.717, 1.165) is 5.56 Å². The van der Waals surface area contributed by atoms with Crippen LogP contribution >= 0.6 is 0 Å². The third-order valence-corrected chi connectivity index (χ3v) is 1.94. The van der Waals surface area contributed by atoms with Gasteiger partial charge in [-0.25, -0.2) is 0 Å². The summed E-state index contributed by atoms with van der Waals surface area (Å²) in [5, 5.41) is 9.34. The van der Waals surface area contributed by atoms with Crippen LogP contribution in [0.15, 0.2) is 18.2 Å². The minimum Gasteiger partial charge on any atom is -0.504 e. The summed E-state index contributed by atoms with van der Waals surface area (Å²) in [6, 6.07) is 5.04. The molecule has 1 N–H and O–H groups in total. The molecule has 0 atom stereocenters. The van der Waals surface area contributed by atoms with E-state index in [4.69, 9.17) is 9.47 Å². The van der Waals surface area contributed by atoms with Gasteiger partial charge in [-0.15, -0.1) is 0 Å². The lowest BCUT2D eigenvalue weighted by Gasteiger charge is -2.06. The van der Waals surface area contributed by atoms with Crippen LogP contribution in [0.3, 0.4) is 0 Å². The van der Waals surface area contributed by atoms with Crippen molar-refractivity contribution in [3.8, 4) is 11.5 Å². The molecule has 0 fully saturated rings. The molecule has 0 aliphatic heterocycles. The molecule has 15 heavy (non-hydrogen) atoms. The molecule has 1 rings (SSSR count). The van der Waals surface area contributed by atoms with Crippen molar-refractivity contribution in [2.75, 3.05) is 13.7 Å². The Hall–Kier alpha value is -1.71. The molecular formula is C11H14O4. The van der Waals surface area contributed by atoms with E-state index in [1.165, 1.54) is 14.0 Å². The zero-order valence-electron chi connectivity index (χ0n) is 8.82. The quantitative estimate of drug-likeness (QED) is 0.765. The van der Waals surface area contributed by atoms with E-state index < -0.39 is 0 Å². The molecule has 1 aromatic rings. The van der Waals surface area contributed by atoms with Gasteiger partial charge in [-0.05, 0) is 17.7 Å². The second-order valence-electron chi connectivity index (χ2n) is 3.10. The molecule has 0 radical (unpaired) electrons. The highest BCUT2D eigenvalue weighted by molar-refractivity contribution is 5.65. The molecule has 0 amide bonds. The summed E-state index contributed by atoms with van der Waals surface area (Å²) in [5.74, 6) is 0.241. The van der Waals surface area contributed by atoms with E-state index in [0.29, 0.717) is 18.8 Å². The second-order valence-corrected chi connectivity index (χ2v) is 3.10. The van der Waals surface area contributed by atoms with Gasteiger partial charge >= 0.3 is 5.97 Å².